The number of carbonyl (C=O) groups excluding carboxylic acids is 1. The fourth-order valence-corrected chi connectivity index (χ4v) is 7.06. The highest BCUT2D eigenvalue weighted by Crippen LogP contribution is 2.62. The van der Waals surface area contributed by atoms with Gasteiger partial charge in [-0.1, -0.05) is 0 Å². The Bertz CT molecular complexity index is 1040. The number of hydrogen-bond acceptors (Lipinski definition) is 10. The number of fused-ring (bicyclic) bond motifs is 4. The lowest BCUT2D eigenvalue weighted by Gasteiger charge is -2.51. The fraction of sp³-hybridized carbons (Fsp3) is 0.588. The van der Waals surface area contributed by atoms with Crippen molar-refractivity contribution < 1.29 is 15.0 Å². The molecule has 1 aliphatic carbocycles. The summed E-state index contributed by atoms with van der Waals surface area (Å²) in [6.07, 6.45) is -1.16. The highest BCUT2D eigenvalue weighted by atomic mass is 79.9. The Morgan fingerprint density at radius 1 is 1.27 bits per heavy atom. The molecule has 0 aromatic carbocycles. The van der Waals surface area contributed by atoms with Crippen LogP contribution in [0.5, 0.6) is 0 Å². The largest absolute Gasteiger partial charge is 0.390 e. The minimum Gasteiger partial charge on any atom is -0.390 e. The molecule has 8 atom stereocenters. The predicted octanol–water partition coefficient (Wildman–Crippen LogP) is -3.01. The smallest absolute Gasteiger partial charge is 0.272 e. The number of nitrogens with zero attached hydrogens (tertiary/aromatic N) is 4. The van der Waals surface area contributed by atoms with Crippen LogP contribution in [0.3, 0.4) is 0 Å². The number of guanidine groups is 2. The molecule has 8 unspecified atom stereocenters. The van der Waals surface area contributed by atoms with Crippen LogP contribution in [0.15, 0.2) is 26.7 Å². The molecule has 10 N–H and O–H groups in total. The fourth-order valence-electron chi connectivity index (χ4n) is 6.62. The molecule has 5 aliphatic rings. The van der Waals surface area contributed by atoms with E-state index in [9.17, 15) is 15.0 Å². The van der Waals surface area contributed by atoms with Gasteiger partial charge in [0, 0.05) is 29.1 Å². The highest BCUT2D eigenvalue weighted by Gasteiger charge is 2.79. The molecule has 1 aromatic rings. The van der Waals surface area contributed by atoms with Crippen molar-refractivity contribution in [1.82, 2.24) is 20.1 Å². The van der Waals surface area contributed by atoms with E-state index in [0.717, 1.165) is 4.47 Å². The van der Waals surface area contributed by atoms with Gasteiger partial charge in [0.05, 0.1) is 6.10 Å². The zero-order valence-corrected chi connectivity index (χ0v) is 17.3. The van der Waals surface area contributed by atoms with Crippen molar-refractivity contribution in [2.75, 3.05) is 13.1 Å². The lowest BCUT2D eigenvalue weighted by molar-refractivity contribution is -0.0686. The number of nitrogens with one attached hydrogen (secondary N) is 2. The van der Waals surface area contributed by atoms with Gasteiger partial charge in [-0.2, -0.15) is 0 Å². The second-order valence-electron chi connectivity index (χ2n) is 8.64. The second kappa shape index (κ2) is 5.46. The summed E-state index contributed by atoms with van der Waals surface area (Å²) in [4.78, 5) is 23.9. The Labute approximate surface area is 179 Å². The first-order valence-corrected chi connectivity index (χ1v) is 10.5. The van der Waals surface area contributed by atoms with Crippen molar-refractivity contribution in [3.63, 3.8) is 0 Å². The van der Waals surface area contributed by atoms with Crippen LogP contribution >= 0.6 is 15.9 Å². The monoisotopic (exact) mass is 479 g/mol. The topological polar surface area (TPSA) is 193 Å². The van der Waals surface area contributed by atoms with Gasteiger partial charge in [0.2, 0.25) is 0 Å². The Hall–Kier alpha value is -2.35. The van der Waals surface area contributed by atoms with E-state index in [1.54, 1.807) is 21.7 Å². The lowest BCUT2D eigenvalue weighted by Crippen LogP contribution is -2.74. The van der Waals surface area contributed by atoms with E-state index in [1.165, 1.54) is 0 Å². The van der Waals surface area contributed by atoms with Crippen LogP contribution in [0, 0.1) is 17.8 Å². The second-order valence-corrected chi connectivity index (χ2v) is 9.55. The van der Waals surface area contributed by atoms with E-state index in [-0.39, 0.29) is 36.2 Å². The van der Waals surface area contributed by atoms with Gasteiger partial charge < -0.3 is 47.5 Å². The van der Waals surface area contributed by atoms with E-state index in [0.29, 0.717) is 12.2 Å². The van der Waals surface area contributed by atoms with E-state index in [1.807, 2.05) is 0 Å². The molecule has 1 saturated carbocycles. The van der Waals surface area contributed by atoms with Gasteiger partial charge in [0.1, 0.15) is 11.2 Å². The van der Waals surface area contributed by atoms with Crippen molar-refractivity contribution in [3.05, 3.63) is 22.4 Å². The van der Waals surface area contributed by atoms with Crippen LogP contribution in [-0.4, -0.2) is 74.1 Å². The molecule has 4 aliphatic heterocycles. The number of amides is 1. The molecule has 5 heterocycles. The summed E-state index contributed by atoms with van der Waals surface area (Å²) in [6.45, 7) is 0.503. The average molecular weight is 480 g/mol. The van der Waals surface area contributed by atoms with Gasteiger partial charge in [-0.3, -0.25) is 4.79 Å². The zero-order valence-electron chi connectivity index (χ0n) is 15.7. The van der Waals surface area contributed by atoms with Gasteiger partial charge in [-0.15, -0.1) is 0 Å². The van der Waals surface area contributed by atoms with E-state index in [2.05, 4.69) is 36.5 Å². The third-order valence-corrected chi connectivity index (χ3v) is 7.97. The SMILES string of the molecule is NCC1C2CN3C(=O)c4cc(Br)cn4C4N=C(N)NC43C2C2(NC(N)=NC2O)C1O. The van der Waals surface area contributed by atoms with Gasteiger partial charge in [0.15, 0.2) is 30.0 Å². The maximum absolute atomic E-state index is 13.5. The zero-order chi connectivity index (χ0) is 21.2. The number of aliphatic imine (C=N–C) groups is 2. The van der Waals surface area contributed by atoms with E-state index >= 15 is 0 Å². The molecule has 6 rings (SSSR count). The molecular weight excluding hydrogens is 458 g/mol. The molecule has 2 fully saturated rings. The standard InChI is InChI=1S/C17H22BrN9O3/c18-5-1-8-11(29)27-4-7-6(2-19)10(28)16(13(30)23-15(21)24-16)9(7)17(27)12(26(8)3-5)22-14(20)25-17/h1,3,6-7,9-10,12-13,28,30H,2,4,19H2,(H3,20,22,25)(H3,21,23,24). The molecule has 13 heteroatoms. The number of halogens is 1. The van der Waals surface area contributed by atoms with Gasteiger partial charge in [0.25, 0.3) is 5.91 Å². The maximum atomic E-state index is 13.5. The van der Waals surface area contributed by atoms with Crippen LogP contribution in [0.2, 0.25) is 0 Å². The summed E-state index contributed by atoms with van der Waals surface area (Å²) in [5.41, 5.74) is 16.2. The molecule has 1 saturated heterocycles. The molecule has 1 aromatic heterocycles. The summed E-state index contributed by atoms with van der Waals surface area (Å²) >= 11 is 3.44. The molecule has 2 spiro atoms. The number of aromatic nitrogens is 1. The number of carbonyl (C=O) groups is 1. The van der Waals surface area contributed by atoms with Gasteiger partial charge >= 0.3 is 0 Å². The number of aliphatic hydroxyl groups excluding tert-OH is 2. The third kappa shape index (κ3) is 1.78. The number of hydrogen-bond donors (Lipinski definition) is 7. The van der Waals surface area contributed by atoms with E-state index < -0.39 is 35.6 Å². The van der Waals surface area contributed by atoms with Crippen LogP contribution in [0.4, 0.5) is 0 Å². The molecular formula is C17H22BrN9O3. The first-order chi connectivity index (χ1) is 14.3. The van der Waals surface area contributed by atoms with Crippen molar-refractivity contribution >= 4 is 33.8 Å². The Morgan fingerprint density at radius 2 is 2.00 bits per heavy atom. The first kappa shape index (κ1) is 18.4. The van der Waals surface area contributed by atoms with Crippen LogP contribution in [-0.2, 0) is 0 Å². The number of aliphatic hydroxyl groups is 2. The quantitative estimate of drug-likeness (QED) is 0.221. The minimum atomic E-state index is -1.33. The normalized spacial score (nSPS) is 45.5. The molecule has 0 bridgehead atoms. The van der Waals surface area contributed by atoms with Crippen molar-refractivity contribution in [3.8, 4) is 0 Å². The molecule has 12 nitrogen and oxygen atoms in total. The van der Waals surface area contributed by atoms with Crippen molar-refractivity contribution in [2.45, 2.75) is 29.7 Å². The van der Waals surface area contributed by atoms with Gasteiger partial charge in [-0.25, -0.2) is 9.98 Å². The minimum absolute atomic E-state index is 0.0304. The van der Waals surface area contributed by atoms with E-state index in [4.69, 9.17) is 17.2 Å². The lowest BCUT2D eigenvalue weighted by atomic mass is 9.73. The van der Waals surface area contributed by atoms with Crippen molar-refractivity contribution in [2.24, 2.45) is 44.9 Å². The first-order valence-electron chi connectivity index (χ1n) is 9.74. The Balaban J connectivity index is 1.60. The maximum Gasteiger partial charge on any atom is 0.272 e. The summed E-state index contributed by atoms with van der Waals surface area (Å²) in [5.74, 6) is -1.13. The summed E-state index contributed by atoms with van der Waals surface area (Å²) in [6, 6.07) is 1.75. The molecule has 1 amide bonds. The van der Waals surface area contributed by atoms with Crippen LogP contribution in [0.25, 0.3) is 0 Å². The highest BCUT2D eigenvalue weighted by molar-refractivity contribution is 9.10. The van der Waals surface area contributed by atoms with Crippen LogP contribution in [0.1, 0.15) is 16.7 Å². The van der Waals surface area contributed by atoms with Crippen molar-refractivity contribution in [1.29, 1.82) is 0 Å². The summed E-state index contributed by atoms with van der Waals surface area (Å²) < 4.78 is 2.52. The summed E-state index contributed by atoms with van der Waals surface area (Å²) in [7, 11) is 0. The average Bonchev–Trinajstić information content (AvgIpc) is 3.42. The van der Waals surface area contributed by atoms with Gasteiger partial charge in [-0.05, 0) is 34.5 Å². The molecule has 0 radical (unpaired) electrons. The molecule has 30 heavy (non-hydrogen) atoms. The number of rotatable bonds is 1. The Morgan fingerprint density at radius 3 is 2.67 bits per heavy atom. The number of nitrogens with two attached hydrogens (primary N) is 3. The predicted molar refractivity (Wildman–Crippen MR) is 109 cm³/mol. The van der Waals surface area contributed by atoms with Crippen LogP contribution < -0.4 is 27.8 Å². The molecule has 160 valence electrons. The summed E-state index contributed by atoms with van der Waals surface area (Å²) in [5, 5.41) is 28.6. The third-order valence-electron chi connectivity index (χ3n) is 7.53. The Kier molecular flexibility index (Phi) is 3.35.